The number of hydrogen-bond donors (Lipinski definition) is 1. The van der Waals surface area contributed by atoms with Gasteiger partial charge in [0, 0.05) is 19.3 Å². The molecule has 0 bridgehead atoms. The van der Waals surface area contributed by atoms with E-state index in [0.29, 0.717) is 53.9 Å². The van der Waals surface area contributed by atoms with Crippen molar-refractivity contribution in [1.82, 2.24) is 14.5 Å². The number of aliphatic imine (C=N–C) groups is 1. The molecule has 37 heavy (non-hydrogen) atoms. The van der Waals surface area contributed by atoms with Crippen molar-refractivity contribution in [3.63, 3.8) is 0 Å². The Morgan fingerprint density at radius 2 is 1.70 bits per heavy atom. The summed E-state index contributed by atoms with van der Waals surface area (Å²) in [6.07, 6.45) is 6.56. The smallest absolute Gasteiger partial charge is 0.280 e. The maximum absolute atomic E-state index is 12.9. The fourth-order valence-corrected chi connectivity index (χ4v) is 4.96. The van der Waals surface area contributed by atoms with Gasteiger partial charge >= 0.3 is 0 Å². The van der Waals surface area contributed by atoms with Gasteiger partial charge in [-0.3, -0.25) is 24.4 Å². The summed E-state index contributed by atoms with van der Waals surface area (Å²) in [6, 6.07) is 14.8. The molecule has 3 aromatic rings. The summed E-state index contributed by atoms with van der Waals surface area (Å²) < 4.78 is 13.5. The molecule has 190 valence electrons. The van der Waals surface area contributed by atoms with E-state index in [-0.39, 0.29) is 18.4 Å². The molecule has 1 N–H and O–H groups in total. The molecular weight excluding hydrogens is 472 g/mol. The first-order valence-corrected chi connectivity index (χ1v) is 12.5. The number of anilines is 2. The summed E-state index contributed by atoms with van der Waals surface area (Å²) in [4.78, 5) is 37.8. The van der Waals surface area contributed by atoms with E-state index in [1.165, 1.54) is 24.1 Å². The molecule has 1 aliphatic carbocycles. The second kappa shape index (κ2) is 9.61. The van der Waals surface area contributed by atoms with E-state index in [1.807, 2.05) is 29.2 Å². The van der Waals surface area contributed by atoms with E-state index < -0.39 is 0 Å². The number of carbonyl (C=O) groups is 2. The number of ether oxygens (including phenoxy) is 2. The van der Waals surface area contributed by atoms with Gasteiger partial charge in [-0.15, -0.1) is 0 Å². The van der Waals surface area contributed by atoms with Gasteiger partial charge in [0.25, 0.3) is 5.91 Å². The molecule has 6 rings (SSSR count). The number of nitrogens with zero attached hydrogens (tertiary/aromatic N) is 5. The predicted octanol–water partition coefficient (Wildman–Crippen LogP) is 3.90. The highest BCUT2D eigenvalue weighted by Gasteiger charge is 2.38. The number of imidazole rings is 1. The quantitative estimate of drug-likeness (QED) is 0.528. The lowest BCUT2D eigenvalue weighted by molar-refractivity contribution is -0.116. The van der Waals surface area contributed by atoms with E-state index in [4.69, 9.17) is 9.47 Å². The summed E-state index contributed by atoms with van der Waals surface area (Å²) in [6.45, 7) is 1.24. The number of nitrogens with one attached hydrogen (secondary N) is 1. The van der Waals surface area contributed by atoms with Crippen molar-refractivity contribution in [3.05, 3.63) is 60.6 Å². The Morgan fingerprint density at radius 3 is 2.43 bits per heavy atom. The van der Waals surface area contributed by atoms with Crippen molar-refractivity contribution < 1.29 is 19.1 Å². The molecular formula is C27H28N6O4. The Labute approximate surface area is 214 Å². The third-order valence-corrected chi connectivity index (χ3v) is 6.82. The number of guanidine groups is 1. The summed E-state index contributed by atoms with van der Waals surface area (Å²) >= 11 is 0. The van der Waals surface area contributed by atoms with Crippen LogP contribution in [-0.2, 0) is 11.3 Å². The van der Waals surface area contributed by atoms with Gasteiger partial charge in [0.2, 0.25) is 11.9 Å². The van der Waals surface area contributed by atoms with Crippen LogP contribution in [0.1, 0.15) is 36.2 Å². The number of amides is 2. The van der Waals surface area contributed by atoms with E-state index in [0.717, 1.165) is 18.6 Å². The van der Waals surface area contributed by atoms with Gasteiger partial charge < -0.3 is 19.4 Å². The highest BCUT2D eigenvalue weighted by molar-refractivity contribution is 6.17. The van der Waals surface area contributed by atoms with Gasteiger partial charge in [-0.1, -0.05) is 0 Å². The summed E-state index contributed by atoms with van der Waals surface area (Å²) in [7, 11) is 1.68. The zero-order valence-electron chi connectivity index (χ0n) is 20.6. The molecule has 1 fully saturated rings. The first kappa shape index (κ1) is 23.1. The molecule has 1 saturated carbocycles. The van der Waals surface area contributed by atoms with Crippen molar-refractivity contribution in [2.45, 2.75) is 38.3 Å². The number of rotatable bonds is 7. The van der Waals surface area contributed by atoms with E-state index in [1.54, 1.807) is 35.9 Å². The third-order valence-electron chi connectivity index (χ3n) is 6.82. The molecule has 3 aliphatic rings. The van der Waals surface area contributed by atoms with Crippen molar-refractivity contribution in [2.75, 3.05) is 30.4 Å². The van der Waals surface area contributed by atoms with Crippen molar-refractivity contribution >= 4 is 29.3 Å². The molecule has 2 aromatic carbocycles. The zero-order chi connectivity index (χ0) is 25.4. The van der Waals surface area contributed by atoms with Crippen molar-refractivity contribution in [1.29, 1.82) is 0 Å². The Hall–Kier alpha value is -4.34. The molecule has 0 spiro atoms. The van der Waals surface area contributed by atoms with Crippen LogP contribution in [-0.4, -0.2) is 58.5 Å². The lowest BCUT2D eigenvalue weighted by Gasteiger charge is -2.31. The van der Waals surface area contributed by atoms with Crippen LogP contribution < -0.4 is 19.7 Å². The molecule has 0 atom stereocenters. The van der Waals surface area contributed by atoms with Gasteiger partial charge in [0.15, 0.2) is 11.5 Å². The van der Waals surface area contributed by atoms with Gasteiger partial charge in [-0.2, -0.15) is 0 Å². The Balaban J connectivity index is 1.06. The normalized spacial score (nSPS) is 16.9. The Kier molecular flexibility index (Phi) is 5.99. The summed E-state index contributed by atoms with van der Waals surface area (Å²) in [5.41, 5.74) is 1.02. The molecule has 1 aromatic heterocycles. The van der Waals surface area contributed by atoms with Crippen LogP contribution in [0.25, 0.3) is 0 Å². The topological polar surface area (TPSA) is 101 Å². The van der Waals surface area contributed by atoms with E-state index >= 15 is 0 Å². The first-order chi connectivity index (χ1) is 18.0. The number of fused-ring (bicyclic) bond motifs is 3. The second-order valence-electron chi connectivity index (χ2n) is 9.41. The molecule has 2 aliphatic heterocycles. The lowest BCUT2D eigenvalue weighted by Crippen LogP contribution is -2.48. The lowest BCUT2D eigenvalue weighted by atomic mass is 10.2. The monoisotopic (exact) mass is 500 g/mol. The molecule has 2 amide bonds. The van der Waals surface area contributed by atoms with Crippen LogP contribution in [0.3, 0.4) is 0 Å². The van der Waals surface area contributed by atoms with Gasteiger partial charge in [-0.25, -0.2) is 4.98 Å². The number of benzene rings is 2. The minimum atomic E-state index is -0.261. The SMILES string of the molecule is CN1C(=O)c2c(ncn2CC(=O)Nc2ccc(Oc3ccc(OC4CCCC4)cc3)cc2)N2CCN=C12. The first-order valence-electron chi connectivity index (χ1n) is 12.5. The average molecular weight is 501 g/mol. The van der Waals surface area contributed by atoms with E-state index in [9.17, 15) is 9.59 Å². The molecule has 3 heterocycles. The standard InChI is InChI=1S/C27H28N6O4/c1-31-26(35)24-25(33-15-14-28-27(31)33)29-17-32(24)16-23(34)30-18-6-8-20(9-7-18)37-22-12-10-21(11-13-22)36-19-4-2-3-5-19/h6-13,17,19H,2-5,14-16H2,1H3,(H,30,34). The van der Waals surface area contributed by atoms with Crippen LogP contribution in [0.2, 0.25) is 0 Å². The highest BCUT2D eigenvalue weighted by Crippen LogP contribution is 2.30. The van der Waals surface area contributed by atoms with Crippen LogP contribution in [0.15, 0.2) is 59.9 Å². The highest BCUT2D eigenvalue weighted by atomic mass is 16.5. The van der Waals surface area contributed by atoms with Crippen LogP contribution >= 0.6 is 0 Å². The summed E-state index contributed by atoms with van der Waals surface area (Å²) in [5.74, 6) is 2.89. The summed E-state index contributed by atoms with van der Waals surface area (Å²) in [5, 5.41) is 2.87. The second-order valence-corrected chi connectivity index (χ2v) is 9.41. The number of carbonyl (C=O) groups excluding carboxylic acids is 2. The number of hydrogen-bond acceptors (Lipinski definition) is 7. The molecule has 0 unspecified atom stereocenters. The fourth-order valence-electron chi connectivity index (χ4n) is 4.96. The van der Waals surface area contributed by atoms with Gasteiger partial charge in [0.05, 0.1) is 19.0 Å². The molecule has 10 heteroatoms. The van der Waals surface area contributed by atoms with Crippen molar-refractivity contribution in [3.8, 4) is 17.2 Å². The zero-order valence-corrected chi connectivity index (χ0v) is 20.6. The minimum Gasteiger partial charge on any atom is -0.490 e. The minimum absolute atomic E-state index is 0.0320. The molecule has 0 saturated heterocycles. The Bertz CT molecular complexity index is 1340. The van der Waals surface area contributed by atoms with Gasteiger partial charge in [0.1, 0.15) is 23.8 Å². The maximum atomic E-state index is 12.9. The van der Waals surface area contributed by atoms with Gasteiger partial charge in [-0.05, 0) is 74.2 Å². The Morgan fingerprint density at radius 1 is 1.03 bits per heavy atom. The van der Waals surface area contributed by atoms with Crippen molar-refractivity contribution in [2.24, 2.45) is 4.99 Å². The molecule has 0 radical (unpaired) electrons. The van der Waals surface area contributed by atoms with Crippen LogP contribution in [0.5, 0.6) is 17.2 Å². The number of aromatic nitrogens is 2. The third kappa shape index (κ3) is 4.62. The van der Waals surface area contributed by atoms with Crippen LogP contribution in [0.4, 0.5) is 11.5 Å². The fraction of sp³-hybridized carbons (Fsp3) is 0.333. The van der Waals surface area contributed by atoms with Crippen LogP contribution in [0, 0.1) is 0 Å². The average Bonchev–Trinajstić information content (AvgIpc) is 3.66. The molecule has 10 nitrogen and oxygen atoms in total. The largest absolute Gasteiger partial charge is 0.490 e. The predicted molar refractivity (Wildman–Crippen MR) is 138 cm³/mol. The maximum Gasteiger partial charge on any atom is 0.280 e. The van der Waals surface area contributed by atoms with E-state index in [2.05, 4.69) is 15.3 Å².